The van der Waals surface area contributed by atoms with Crippen molar-refractivity contribution in [1.82, 2.24) is 20.2 Å². The smallest absolute Gasteiger partial charge is 0.319 e. The number of nitro groups is 1. The summed E-state index contributed by atoms with van der Waals surface area (Å²) in [6, 6.07) is 5.68. The normalized spacial score (nSPS) is 13.9. The zero-order chi connectivity index (χ0) is 25.2. The van der Waals surface area contributed by atoms with E-state index in [-0.39, 0.29) is 29.6 Å². The summed E-state index contributed by atoms with van der Waals surface area (Å²) < 4.78 is 10.8. The fourth-order valence-corrected chi connectivity index (χ4v) is 5.98. The molecule has 0 aliphatic heterocycles. The number of nitro benzene ring substituents is 1. The summed E-state index contributed by atoms with van der Waals surface area (Å²) in [5, 5.41) is 18.7. The van der Waals surface area contributed by atoms with E-state index in [1.54, 1.807) is 18.3 Å². The fraction of sp³-hybridized carbons (Fsp3) is 0.348. The number of hydrogen-bond donors (Lipinski definition) is 1. The van der Waals surface area contributed by atoms with Gasteiger partial charge in [-0.2, -0.15) is 0 Å². The minimum absolute atomic E-state index is 0.0485. The molecule has 0 saturated heterocycles. The lowest BCUT2D eigenvalue weighted by atomic mass is 9.97. The first-order chi connectivity index (χ1) is 17.4. The number of carbonyl (C=O) groups is 1. The van der Waals surface area contributed by atoms with Crippen LogP contribution in [0.2, 0.25) is 0 Å². The number of nitrogens with one attached hydrogen (secondary N) is 1. The van der Waals surface area contributed by atoms with Gasteiger partial charge in [0.2, 0.25) is 5.89 Å². The molecule has 36 heavy (non-hydrogen) atoms. The highest BCUT2D eigenvalue weighted by atomic mass is 32.2. The molecule has 0 spiro atoms. The van der Waals surface area contributed by atoms with E-state index in [1.807, 2.05) is 0 Å². The Kier molecular flexibility index (Phi) is 6.83. The topological polar surface area (TPSA) is 154 Å². The SMILES string of the molecule is CC(SCc1nc2sc3c(c2c(=O)[nH]1)CCCC3)C(=O)OCc1nnc(-c2ccc([N+](=O)[O-])cc2)o1. The molecular formula is C23H21N5O6S2. The molecule has 1 atom stereocenters. The number of hydrogen-bond acceptors (Lipinski definition) is 11. The number of H-pyrrole nitrogens is 1. The molecular weight excluding hydrogens is 506 g/mol. The van der Waals surface area contributed by atoms with E-state index < -0.39 is 16.1 Å². The Labute approximate surface area is 212 Å². The molecule has 3 heterocycles. The van der Waals surface area contributed by atoms with Crippen LogP contribution in [0, 0.1) is 10.1 Å². The number of fused-ring (bicyclic) bond motifs is 3. The number of carbonyl (C=O) groups excluding carboxylic acids is 1. The molecule has 1 unspecified atom stereocenters. The molecule has 5 rings (SSSR count). The highest BCUT2D eigenvalue weighted by Gasteiger charge is 2.21. The molecule has 1 aliphatic carbocycles. The molecule has 1 aromatic carbocycles. The first-order valence-electron chi connectivity index (χ1n) is 11.3. The Hall–Kier alpha value is -3.58. The summed E-state index contributed by atoms with van der Waals surface area (Å²) in [6.45, 7) is 1.51. The van der Waals surface area contributed by atoms with Crippen LogP contribution in [0.5, 0.6) is 0 Å². The Bertz CT molecular complexity index is 1490. The lowest BCUT2D eigenvalue weighted by Gasteiger charge is -2.10. The minimum Gasteiger partial charge on any atom is -0.455 e. The monoisotopic (exact) mass is 527 g/mol. The van der Waals surface area contributed by atoms with Gasteiger partial charge in [0.05, 0.1) is 16.1 Å². The van der Waals surface area contributed by atoms with Crippen LogP contribution in [0.4, 0.5) is 5.69 Å². The molecule has 1 N–H and O–H groups in total. The van der Waals surface area contributed by atoms with Crippen LogP contribution in [-0.2, 0) is 34.7 Å². The van der Waals surface area contributed by atoms with Crippen molar-refractivity contribution in [2.45, 2.75) is 50.2 Å². The number of esters is 1. The van der Waals surface area contributed by atoms with E-state index in [4.69, 9.17) is 9.15 Å². The number of thiophene rings is 1. The van der Waals surface area contributed by atoms with Crippen molar-refractivity contribution in [2.75, 3.05) is 0 Å². The Morgan fingerprint density at radius 3 is 2.83 bits per heavy atom. The maximum atomic E-state index is 12.7. The molecule has 0 radical (unpaired) electrons. The summed E-state index contributed by atoms with van der Waals surface area (Å²) in [4.78, 5) is 44.9. The predicted molar refractivity (Wildman–Crippen MR) is 134 cm³/mol. The summed E-state index contributed by atoms with van der Waals surface area (Å²) in [6.07, 6.45) is 4.16. The largest absolute Gasteiger partial charge is 0.455 e. The lowest BCUT2D eigenvalue weighted by Crippen LogP contribution is -2.18. The van der Waals surface area contributed by atoms with Gasteiger partial charge in [-0.15, -0.1) is 33.3 Å². The molecule has 0 amide bonds. The third kappa shape index (κ3) is 5.02. The van der Waals surface area contributed by atoms with Crippen molar-refractivity contribution < 1.29 is 18.9 Å². The number of thioether (sulfide) groups is 1. The molecule has 186 valence electrons. The van der Waals surface area contributed by atoms with Crippen molar-refractivity contribution in [2.24, 2.45) is 0 Å². The highest BCUT2D eigenvalue weighted by Crippen LogP contribution is 2.33. The van der Waals surface area contributed by atoms with Crippen LogP contribution < -0.4 is 5.56 Å². The van der Waals surface area contributed by atoms with E-state index in [0.717, 1.165) is 36.1 Å². The van der Waals surface area contributed by atoms with Gasteiger partial charge in [0, 0.05) is 22.6 Å². The van der Waals surface area contributed by atoms with Crippen LogP contribution in [0.1, 0.15) is 41.9 Å². The van der Waals surface area contributed by atoms with Crippen molar-refractivity contribution in [3.63, 3.8) is 0 Å². The van der Waals surface area contributed by atoms with Crippen molar-refractivity contribution in [3.05, 3.63) is 66.9 Å². The zero-order valence-corrected chi connectivity index (χ0v) is 20.8. The number of aromatic nitrogens is 4. The van der Waals surface area contributed by atoms with Gasteiger partial charge in [-0.25, -0.2) is 4.98 Å². The van der Waals surface area contributed by atoms with Gasteiger partial charge in [0.15, 0.2) is 6.61 Å². The number of non-ortho nitro benzene ring substituents is 1. The first-order valence-corrected chi connectivity index (χ1v) is 13.1. The third-order valence-electron chi connectivity index (χ3n) is 5.81. The maximum absolute atomic E-state index is 12.7. The fourth-order valence-electron chi connectivity index (χ4n) is 3.95. The van der Waals surface area contributed by atoms with Gasteiger partial charge in [0.1, 0.15) is 15.9 Å². The van der Waals surface area contributed by atoms with Crippen molar-refractivity contribution in [1.29, 1.82) is 0 Å². The average molecular weight is 528 g/mol. The molecule has 13 heteroatoms. The predicted octanol–water partition coefficient (Wildman–Crippen LogP) is 4.19. The Morgan fingerprint density at radius 1 is 1.28 bits per heavy atom. The van der Waals surface area contributed by atoms with Crippen LogP contribution in [0.25, 0.3) is 21.7 Å². The number of aromatic amines is 1. The van der Waals surface area contributed by atoms with Crippen LogP contribution >= 0.6 is 23.1 Å². The Morgan fingerprint density at radius 2 is 2.06 bits per heavy atom. The van der Waals surface area contributed by atoms with E-state index in [0.29, 0.717) is 22.5 Å². The van der Waals surface area contributed by atoms with Crippen molar-refractivity contribution >= 4 is 45.0 Å². The Balaban J connectivity index is 1.16. The summed E-state index contributed by atoms with van der Waals surface area (Å²) >= 11 is 2.90. The standard InChI is InChI=1S/C23H21N5O6S2/c1-12(35-11-17-24-20(29)19-15-4-2-3-5-16(15)36-22(19)25-17)23(30)33-10-18-26-27-21(34-18)13-6-8-14(9-7-13)28(31)32/h6-9,12H,2-5,10-11H2,1H3,(H,24,25,29). The van der Waals surface area contributed by atoms with Crippen molar-refractivity contribution in [3.8, 4) is 11.5 Å². The molecule has 0 fully saturated rings. The third-order valence-corrected chi connectivity index (χ3v) is 8.12. The zero-order valence-electron chi connectivity index (χ0n) is 19.2. The van der Waals surface area contributed by atoms with E-state index >= 15 is 0 Å². The van der Waals surface area contributed by atoms with E-state index in [1.165, 1.54) is 40.9 Å². The van der Waals surface area contributed by atoms with E-state index in [2.05, 4.69) is 20.2 Å². The number of ether oxygens (including phenoxy) is 1. The number of rotatable bonds is 8. The summed E-state index contributed by atoms with van der Waals surface area (Å²) in [5.74, 6) is 0.686. The molecule has 0 bridgehead atoms. The van der Waals surface area contributed by atoms with Crippen LogP contribution in [0.15, 0.2) is 33.5 Å². The lowest BCUT2D eigenvalue weighted by molar-refractivity contribution is -0.384. The quantitative estimate of drug-likeness (QED) is 0.200. The first kappa shape index (κ1) is 24.1. The highest BCUT2D eigenvalue weighted by molar-refractivity contribution is 7.99. The minimum atomic E-state index is -0.514. The van der Waals surface area contributed by atoms with Gasteiger partial charge < -0.3 is 14.1 Å². The van der Waals surface area contributed by atoms with Gasteiger partial charge in [-0.3, -0.25) is 19.7 Å². The summed E-state index contributed by atoms with van der Waals surface area (Å²) in [7, 11) is 0. The van der Waals surface area contributed by atoms with E-state index in [9.17, 15) is 19.7 Å². The van der Waals surface area contributed by atoms with Crippen LogP contribution in [0.3, 0.4) is 0 Å². The molecule has 3 aromatic heterocycles. The molecule has 11 nitrogen and oxygen atoms in total. The second kappa shape index (κ2) is 10.2. The number of benzene rings is 1. The van der Waals surface area contributed by atoms with Gasteiger partial charge in [-0.05, 0) is 50.3 Å². The number of nitrogens with zero attached hydrogens (tertiary/aromatic N) is 4. The van der Waals surface area contributed by atoms with Gasteiger partial charge >= 0.3 is 5.97 Å². The second-order valence-electron chi connectivity index (χ2n) is 8.27. The van der Waals surface area contributed by atoms with Gasteiger partial charge in [-0.1, -0.05) is 0 Å². The molecule has 1 aliphatic rings. The molecule has 4 aromatic rings. The summed E-state index contributed by atoms with van der Waals surface area (Å²) in [5.41, 5.74) is 1.49. The van der Waals surface area contributed by atoms with Gasteiger partial charge in [0.25, 0.3) is 17.1 Å². The number of aryl methyl sites for hydroxylation is 2. The molecule has 0 saturated carbocycles. The maximum Gasteiger partial charge on any atom is 0.319 e. The van der Waals surface area contributed by atoms with Crippen LogP contribution in [-0.4, -0.2) is 36.3 Å². The average Bonchev–Trinajstić information content (AvgIpc) is 3.50. The second-order valence-corrected chi connectivity index (χ2v) is 10.7.